The van der Waals surface area contributed by atoms with E-state index in [-0.39, 0.29) is 0 Å². The fraction of sp³-hybridized carbons (Fsp3) is 0.167. The van der Waals surface area contributed by atoms with Crippen molar-refractivity contribution in [3.8, 4) is 0 Å². The molecular weight excluding hydrogens is 254 g/mol. The van der Waals surface area contributed by atoms with Gasteiger partial charge in [-0.3, -0.25) is 5.10 Å². The van der Waals surface area contributed by atoms with Crippen molar-refractivity contribution in [3.63, 3.8) is 0 Å². The fourth-order valence-electron chi connectivity index (χ4n) is 1.68. The van der Waals surface area contributed by atoms with Gasteiger partial charge >= 0.3 is 6.09 Å². The van der Waals surface area contributed by atoms with Gasteiger partial charge in [0.1, 0.15) is 6.10 Å². The van der Waals surface area contributed by atoms with Crippen LogP contribution in [0, 0.1) is 0 Å². The van der Waals surface area contributed by atoms with E-state index in [0.29, 0.717) is 17.1 Å². The van der Waals surface area contributed by atoms with Crippen LogP contribution in [0.4, 0.5) is 4.79 Å². The summed E-state index contributed by atoms with van der Waals surface area (Å²) in [6.07, 6.45) is 0.746. The van der Waals surface area contributed by atoms with Crippen LogP contribution >= 0.6 is 11.6 Å². The minimum atomic E-state index is -0.823. The molecule has 0 aliphatic rings. The number of primary amides is 1. The van der Waals surface area contributed by atoms with Crippen LogP contribution in [0.3, 0.4) is 0 Å². The first-order valence-electron chi connectivity index (χ1n) is 5.35. The lowest BCUT2D eigenvalue weighted by Crippen LogP contribution is -2.19. The highest BCUT2D eigenvalue weighted by atomic mass is 35.5. The number of nitrogens with two attached hydrogens (primary N) is 1. The molecule has 1 aromatic heterocycles. The molecule has 0 saturated carbocycles. The number of aromatic nitrogens is 2. The lowest BCUT2D eigenvalue weighted by Gasteiger charge is -2.15. The normalized spacial score (nSPS) is 12.1. The number of aromatic amines is 1. The Balaban J connectivity index is 2.17. The molecule has 0 aliphatic heterocycles. The Morgan fingerprint density at radius 3 is 2.94 bits per heavy atom. The second-order valence-electron chi connectivity index (χ2n) is 3.77. The average Bonchev–Trinajstić information content (AvgIpc) is 2.80. The molecule has 0 spiro atoms. The van der Waals surface area contributed by atoms with Crippen LogP contribution in [0.15, 0.2) is 36.5 Å². The van der Waals surface area contributed by atoms with Gasteiger partial charge in [-0.05, 0) is 23.8 Å². The van der Waals surface area contributed by atoms with Crippen LogP contribution in [0.1, 0.15) is 17.4 Å². The Morgan fingerprint density at radius 1 is 1.50 bits per heavy atom. The van der Waals surface area contributed by atoms with Crippen LogP contribution in [-0.2, 0) is 11.2 Å². The third-order valence-corrected chi connectivity index (χ3v) is 2.67. The third-order valence-electron chi connectivity index (χ3n) is 2.44. The van der Waals surface area contributed by atoms with Crippen LogP contribution in [0.5, 0.6) is 0 Å². The van der Waals surface area contributed by atoms with Crippen LogP contribution in [0.25, 0.3) is 0 Å². The summed E-state index contributed by atoms with van der Waals surface area (Å²) in [6, 6.07) is 9.07. The molecule has 18 heavy (non-hydrogen) atoms. The first-order valence-corrected chi connectivity index (χ1v) is 5.73. The van der Waals surface area contributed by atoms with Gasteiger partial charge in [-0.25, -0.2) is 4.79 Å². The van der Waals surface area contributed by atoms with Crippen molar-refractivity contribution < 1.29 is 9.53 Å². The molecule has 0 radical (unpaired) electrons. The van der Waals surface area contributed by atoms with Gasteiger partial charge in [-0.2, -0.15) is 5.10 Å². The number of amides is 1. The second kappa shape index (κ2) is 5.55. The monoisotopic (exact) mass is 265 g/mol. The van der Waals surface area contributed by atoms with Crippen LogP contribution < -0.4 is 5.73 Å². The highest BCUT2D eigenvalue weighted by Gasteiger charge is 2.17. The Labute approximate surface area is 109 Å². The minimum absolute atomic E-state index is 0.478. The van der Waals surface area contributed by atoms with Gasteiger partial charge < -0.3 is 10.5 Å². The van der Waals surface area contributed by atoms with Crippen molar-refractivity contribution >= 4 is 17.7 Å². The van der Waals surface area contributed by atoms with E-state index in [1.54, 1.807) is 18.3 Å². The van der Waals surface area contributed by atoms with E-state index in [1.807, 2.05) is 18.2 Å². The van der Waals surface area contributed by atoms with Crippen molar-refractivity contribution in [3.05, 3.63) is 52.8 Å². The fourth-order valence-corrected chi connectivity index (χ4v) is 1.89. The molecule has 2 rings (SSSR count). The highest BCUT2D eigenvalue weighted by molar-refractivity contribution is 6.30. The Hall–Kier alpha value is -2.01. The molecular formula is C12H12ClN3O2. The lowest BCUT2D eigenvalue weighted by atomic mass is 10.1. The lowest BCUT2D eigenvalue weighted by molar-refractivity contribution is 0.104. The number of benzene rings is 1. The first kappa shape index (κ1) is 12.4. The van der Waals surface area contributed by atoms with E-state index in [2.05, 4.69) is 10.2 Å². The SMILES string of the molecule is NC(=O)OC(Cc1cccc(Cl)c1)c1ccn[nH]1. The summed E-state index contributed by atoms with van der Waals surface area (Å²) in [5, 5.41) is 7.22. The summed E-state index contributed by atoms with van der Waals surface area (Å²) in [5.41, 5.74) is 6.70. The number of hydrogen-bond acceptors (Lipinski definition) is 3. The van der Waals surface area contributed by atoms with E-state index in [1.165, 1.54) is 0 Å². The van der Waals surface area contributed by atoms with Crippen LogP contribution in [-0.4, -0.2) is 16.3 Å². The number of ether oxygens (including phenoxy) is 1. The molecule has 94 valence electrons. The third kappa shape index (κ3) is 3.24. The summed E-state index contributed by atoms with van der Waals surface area (Å²) in [4.78, 5) is 10.9. The van der Waals surface area contributed by atoms with Gasteiger partial charge in [0.2, 0.25) is 0 Å². The van der Waals surface area contributed by atoms with Crippen molar-refractivity contribution in [2.24, 2.45) is 5.73 Å². The van der Waals surface area contributed by atoms with Gasteiger partial charge in [0.05, 0.1) is 5.69 Å². The predicted octanol–water partition coefficient (Wildman–Crippen LogP) is 2.44. The highest BCUT2D eigenvalue weighted by Crippen LogP contribution is 2.22. The Morgan fingerprint density at radius 2 is 2.33 bits per heavy atom. The van der Waals surface area contributed by atoms with E-state index in [0.717, 1.165) is 5.56 Å². The molecule has 0 fully saturated rings. The zero-order valence-corrected chi connectivity index (χ0v) is 10.2. The number of hydrogen-bond donors (Lipinski definition) is 2. The maximum atomic E-state index is 10.9. The van der Waals surface area contributed by atoms with E-state index >= 15 is 0 Å². The van der Waals surface area contributed by atoms with Gasteiger partial charge in [-0.1, -0.05) is 23.7 Å². The molecule has 0 aliphatic carbocycles. The largest absolute Gasteiger partial charge is 0.440 e. The number of H-pyrrole nitrogens is 1. The predicted molar refractivity (Wildman–Crippen MR) is 67.2 cm³/mol. The number of nitrogens with zero attached hydrogens (tertiary/aromatic N) is 1. The molecule has 1 aromatic carbocycles. The number of rotatable bonds is 4. The van der Waals surface area contributed by atoms with Crippen molar-refractivity contribution in [2.75, 3.05) is 0 Å². The van der Waals surface area contributed by atoms with E-state index in [9.17, 15) is 4.79 Å². The number of halogens is 1. The van der Waals surface area contributed by atoms with E-state index < -0.39 is 12.2 Å². The summed E-state index contributed by atoms with van der Waals surface area (Å²) in [7, 11) is 0. The molecule has 1 unspecified atom stereocenters. The maximum Gasteiger partial charge on any atom is 0.405 e. The minimum Gasteiger partial charge on any atom is -0.440 e. The van der Waals surface area contributed by atoms with Gasteiger partial charge in [0, 0.05) is 17.6 Å². The summed E-state index contributed by atoms with van der Waals surface area (Å²) < 4.78 is 5.06. The topological polar surface area (TPSA) is 81.0 Å². The summed E-state index contributed by atoms with van der Waals surface area (Å²) in [5.74, 6) is 0. The van der Waals surface area contributed by atoms with Gasteiger partial charge in [0.25, 0.3) is 0 Å². The zero-order valence-electron chi connectivity index (χ0n) is 9.47. The summed E-state index contributed by atoms with van der Waals surface area (Å²) >= 11 is 5.91. The molecule has 5 nitrogen and oxygen atoms in total. The second-order valence-corrected chi connectivity index (χ2v) is 4.21. The van der Waals surface area contributed by atoms with Crippen molar-refractivity contribution in [1.82, 2.24) is 10.2 Å². The first-order chi connectivity index (χ1) is 8.65. The molecule has 3 N–H and O–H groups in total. The molecule has 2 aromatic rings. The molecule has 6 heteroatoms. The Kier molecular flexibility index (Phi) is 3.84. The van der Waals surface area contributed by atoms with E-state index in [4.69, 9.17) is 22.1 Å². The standard InChI is InChI=1S/C12H12ClN3O2/c13-9-3-1-2-8(6-9)7-11(18-12(14)17)10-4-5-15-16-10/h1-6,11H,7H2,(H2,14,17)(H,15,16). The number of nitrogens with one attached hydrogen (secondary N) is 1. The summed E-state index contributed by atoms with van der Waals surface area (Å²) in [6.45, 7) is 0. The van der Waals surface area contributed by atoms with Gasteiger partial charge in [-0.15, -0.1) is 0 Å². The average molecular weight is 266 g/mol. The molecule has 1 atom stereocenters. The van der Waals surface area contributed by atoms with Gasteiger partial charge in [0.15, 0.2) is 0 Å². The smallest absolute Gasteiger partial charge is 0.405 e. The molecule has 0 saturated heterocycles. The quantitative estimate of drug-likeness (QED) is 0.891. The molecule has 0 bridgehead atoms. The molecule has 1 amide bonds. The number of carbonyl (C=O) groups is 1. The molecule has 1 heterocycles. The number of carbonyl (C=O) groups excluding carboxylic acids is 1. The van der Waals surface area contributed by atoms with Crippen LogP contribution in [0.2, 0.25) is 5.02 Å². The Bertz CT molecular complexity index is 528. The van der Waals surface area contributed by atoms with Crippen molar-refractivity contribution in [1.29, 1.82) is 0 Å². The maximum absolute atomic E-state index is 10.9. The van der Waals surface area contributed by atoms with Crippen molar-refractivity contribution in [2.45, 2.75) is 12.5 Å². The zero-order chi connectivity index (χ0) is 13.0.